The highest BCUT2D eigenvalue weighted by atomic mass is 16.3. The van der Waals surface area contributed by atoms with Crippen molar-refractivity contribution >= 4 is 71.6 Å². The summed E-state index contributed by atoms with van der Waals surface area (Å²) in [5, 5.41) is 6.97. The number of rotatable bonds is 5. The van der Waals surface area contributed by atoms with E-state index in [9.17, 15) is 0 Å². The second-order valence-electron chi connectivity index (χ2n) is 12.5. The summed E-state index contributed by atoms with van der Waals surface area (Å²) in [7, 11) is 0. The molecule has 0 unspecified atom stereocenters. The maximum absolute atomic E-state index is 6.69. The molecule has 0 spiro atoms. The van der Waals surface area contributed by atoms with E-state index in [1.807, 2.05) is 0 Å². The average molecular weight is 627 g/mol. The largest absolute Gasteiger partial charge is 0.455 e. The summed E-state index contributed by atoms with van der Waals surface area (Å²) in [6.45, 7) is 0. The predicted molar refractivity (Wildman–Crippen MR) is 206 cm³/mol. The first-order valence-corrected chi connectivity index (χ1v) is 16.7. The molecule has 3 heteroatoms. The van der Waals surface area contributed by atoms with Gasteiger partial charge in [0.25, 0.3) is 0 Å². The first-order chi connectivity index (χ1) is 24.3. The Balaban J connectivity index is 1.28. The fraction of sp³-hybridized carbons (Fsp3) is 0. The smallest absolute Gasteiger partial charge is 0.143 e. The Hall–Kier alpha value is -6.58. The van der Waals surface area contributed by atoms with E-state index in [1.165, 1.54) is 27.2 Å². The van der Waals surface area contributed by atoms with Crippen molar-refractivity contribution in [3.05, 3.63) is 182 Å². The zero-order valence-electron chi connectivity index (χ0n) is 26.6. The molecule has 0 N–H and O–H groups in total. The number of furan rings is 1. The molecule has 0 aliphatic heterocycles. The normalized spacial score (nSPS) is 11.7. The van der Waals surface area contributed by atoms with Gasteiger partial charge in [-0.25, -0.2) is 0 Å². The van der Waals surface area contributed by atoms with Crippen molar-refractivity contribution in [2.24, 2.45) is 0 Å². The monoisotopic (exact) mass is 626 g/mol. The Labute approximate surface area is 283 Å². The number of hydrogen-bond donors (Lipinski definition) is 0. The maximum Gasteiger partial charge on any atom is 0.143 e. The molecule has 2 heterocycles. The van der Waals surface area contributed by atoms with E-state index in [4.69, 9.17) is 4.42 Å². The fourth-order valence-electron chi connectivity index (χ4n) is 7.63. The Morgan fingerprint density at radius 1 is 0.449 bits per heavy atom. The molecule has 3 nitrogen and oxygen atoms in total. The molecule has 0 aliphatic carbocycles. The first-order valence-electron chi connectivity index (χ1n) is 16.7. The third-order valence-electron chi connectivity index (χ3n) is 9.76. The van der Waals surface area contributed by atoms with Gasteiger partial charge in [-0.15, -0.1) is 0 Å². The molecule has 10 aromatic rings. The molecule has 0 saturated heterocycles. The van der Waals surface area contributed by atoms with Crippen LogP contribution in [0.5, 0.6) is 0 Å². The zero-order chi connectivity index (χ0) is 32.3. The fourth-order valence-corrected chi connectivity index (χ4v) is 7.63. The van der Waals surface area contributed by atoms with Crippen molar-refractivity contribution in [3.63, 3.8) is 0 Å². The molecule has 49 heavy (non-hydrogen) atoms. The van der Waals surface area contributed by atoms with E-state index >= 15 is 0 Å². The van der Waals surface area contributed by atoms with Crippen molar-refractivity contribution in [2.45, 2.75) is 0 Å². The Kier molecular flexibility index (Phi) is 6.18. The molecule has 0 amide bonds. The number of aromatic nitrogens is 1. The number of fused-ring (bicyclic) bond motifs is 8. The van der Waals surface area contributed by atoms with Gasteiger partial charge in [0.2, 0.25) is 0 Å². The minimum atomic E-state index is 0.865. The molecular formula is C46H30N2O. The number of para-hydroxylation sites is 3. The molecule has 2 aromatic heterocycles. The summed E-state index contributed by atoms with van der Waals surface area (Å²) < 4.78 is 9.08. The van der Waals surface area contributed by atoms with Crippen LogP contribution in [0.1, 0.15) is 0 Å². The second kappa shape index (κ2) is 11.0. The Morgan fingerprint density at radius 3 is 1.92 bits per heavy atom. The van der Waals surface area contributed by atoms with Crippen molar-refractivity contribution in [3.8, 4) is 16.8 Å². The SMILES string of the molecule is c1ccc(-c2ccccc2N(c2cccc(-n3c4ccccc4c4ccccc43)c2)c2cccc3oc4c5ccccc5ccc4c23)cc1. The van der Waals surface area contributed by atoms with E-state index in [2.05, 4.69) is 191 Å². The first kappa shape index (κ1) is 27.5. The maximum atomic E-state index is 6.69. The van der Waals surface area contributed by atoms with Crippen molar-refractivity contribution in [1.29, 1.82) is 0 Å². The lowest BCUT2D eigenvalue weighted by Crippen LogP contribution is -2.12. The average Bonchev–Trinajstić information content (AvgIpc) is 3.73. The highest BCUT2D eigenvalue weighted by molar-refractivity contribution is 6.20. The predicted octanol–water partition coefficient (Wildman–Crippen LogP) is 13.0. The second-order valence-corrected chi connectivity index (χ2v) is 12.5. The topological polar surface area (TPSA) is 21.3 Å². The summed E-state index contributed by atoms with van der Waals surface area (Å²) in [6.07, 6.45) is 0. The number of hydrogen-bond acceptors (Lipinski definition) is 2. The van der Waals surface area contributed by atoms with Crippen molar-refractivity contribution < 1.29 is 4.42 Å². The molecule has 0 radical (unpaired) electrons. The van der Waals surface area contributed by atoms with E-state index in [-0.39, 0.29) is 0 Å². The van der Waals surface area contributed by atoms with E-state index < -0.39 is 0 Å². The Bertz CT molecular complexity index is 2790. The van der Waals surface area contributed by atoms with Gasteiger partial charge in [-0.2, -0.15) is 0 Å². The van der Waals surface area contributed by atoms with Gasteiger partial charge in [0.15, 0.2) is 0 Å². The van der Waals surface area contributed by atoms with Crippen LogP contribution < -0.4 is 4.90 Å². The van der Waals surface area contributed by atoms with E-state index in [0.29, 0.717) is 0 Å². The third-order valence-corrected chi connectivity index (χ3v) is 9.76. The summed E-state index contributed by atoms with van der Waals surface area (Å²) >= 11 is 0. The quantitative estimate of drug-likeness (QED) is 0.190. The van der Waals surface area contributed by atoms with Crippen LogP contribution in [-0.4, -0.2) is 4.57 Å². The molecule has 10 rings (SSSR count). The van der Waals surface area contributed by atoms with Crippen molar-refractivity contribution in [2.75, 3.05) is 4.90 Å². The van der Waals surface area contributed by atoms with Crippen LogP contribution >= 0.6 is 0 Å². The summed E-state index contributed by atoms with van der Waals surface area (Å²) in [6, 6.07) is 64.9. The molecule has 0 atom stereocenters. The van der Waals surface area contributed by atoms with Crippen LogP contribution in [0.25, 0.3) is 71.3 Å². The van der Waals surface area contributed by atoms with Gasteiger partial charge in [-0.1, -0.05) is 127 Å². The van der Waals surface area contributed by atoms with Crippen LogP contribution in [0.2, 0.25) is 0 Å². The van der Waals surface area contributed by atoms with Crippen LogP contribution in [0, 0.1) is 0 Å². The lowest BCUT2D eigenvalue weighted by atomic mass is 10.0. The van der Waals surface area contributed by atoms with E-state index in [0.717, 1.165) is 61.2 Å². The molecular weight excluding hydrogens is 597 g/mol. The molecule has 8 aromatic carbocycles. The number of nitrogens with zero attached hydrogens (tertiary/aromatic N) is 2. The lowest BCUT2D eigenvalue weighted by molar-refractivity contribution is 0.672. The van der Waals surface area contributed by atoms with E-state index in [1.54, 1.807) is 0 Å². The number of anilines is 3. The molecule has 0 saturated carbocycles. The van der Waals surface area contributed by atoms with Crippen molar-refractivity contribution in [1.82, 2.24) is 4.57 Å². The van der Waals surface area contributed by atoms with Gasteiger partial charge in [-0.3, -0.25) is 0 Å². The minimum Gasteiger partial charge on any atom is -0.455 e. The number of benzene rings is 8. The molecule has 0 fully saturated rings. The highest BCUT2D eigenvalue weighted by Crippen LogP contribution is 2.47. The van der Waals surface area contributed by atoms with Gasteiger partial charge in [0, 0.05) is 38.5 Å². The summed E-state index contributed by atoms with van der Waals surface area (Å²) in [4.78, 5) is 2.41. The van der Waals surface area contributed by atoms with Gasteiger partial charge < -0.3 is 13.9 Å². The summed E-state index contributed by atoms with van der Waals surface area (Å²) in [5.74, 6) is 0. The Morgan fingerprint density at radius 2 is 1.10 bits per heavy atom. The van der Waals surface area contributed by atoms with Crippen LogP contribution in [0.3, 0.4) is 0 Å². The van der Waals surface area contributed by atoms with Gasteiger partial charge in [-0.05, 0) is 65.5 Å². The molecule has 0 bridgehead atoms. The highest BCUT2D eigenvalue weighted by Gasteiger charge is 2.23. The molecule has 230 valence electrons. The van der Waals surface area contributed by atoms with Gasteiger partial charge >= 0.3 is 0 Å². The van der Waals surface area contributed by atoms with Gasteiger partial charge in [0.05, 0.1) is 27.8 Å². The summed E-state index contributed by atoms with van der Waals surface area (Å²) in [5.41, 5.74) is 10.8. The molecule has 0 aliphatic rings. The standard InChI is InChI=1S/C46H30N2O/c1-2-14-31(15-3-1)35-19-6-9-23-40(35)48(43-26-13-27-44-45(43)39-29-28-32-16-4-5-20-36(32)46(39)49-44)34-18-12-17-33(30-34)47-41-24-10-7-21-37(41)38-22-8-11-25-42(38)47/h1-30H. The van der Waals surface area contributed by atoms with Crippen LogP contribution in [0.4, 0.5) is 17.1 Å². The zero-order valence-corrected chi connectivity index (χ0v) is 26.6. The van der Waals surface area contributed by atoms with Crippen LogP contribution in [0.15, 0.2) is 186 Å². The third kappa shape index (κ3) is 4.29. The lowest BCUT2D eigenvalue weighted by Gasteiger charge is -2.29. The van der Waals surface area contributed by atoms with Crippen LogP contribution in [-0.2, 0) is 0 Å². The van der Waals surface area contributed by atoms with Gasteiger partial charge in [0.1, 0.15) is 11.2 Å². The minimum absolute atomic E-state index is 0.865.